The number of hydrogen-bond acceptors (Lipinski definition) is 3. The topological polar surface area (TPSA) is 69.6 Å². The molecule has 1 aromatic rings. The van der Waals surface area contributed by atoms with Crippen molar-refractivity contribution in [1.29, 1.82) is 0 Å². The minimum atomic E-state index is -1.16. The summed E-state index contributed by atoms with van der Waals surface area (Å²) < 4.78 is 26.4. The molecule has 122 valence electrons. The molecule has 0 saturated heterocycles. The molecule has 1 saturated carbocycles. The Hall–Kier alpha value is -1.69. The summed E-state index contributed by atoms with van der Waals surface area (Å²) in [4.78, 5) is 11.8. The van der Waals surface area contributed by atoms with Crippen molar-refractivity contribution in [2.24, 2.45) is 5.92 Å². The lowest BCUT2D eigenvalue weighted by Crippen LogP contribution is -2.28. The van der Waals surface area contributed by atoms with Crippen LogP contribution < -0.4 is 5.32 Å². The summed E-state index contributed by atoms with van der Waals surface area (Å²) in [7, 11) is 0. The van der Waals surface area contributed by atoms with E-state index in [-0.39, 0.29) is 17.6 Å². The molecular weight excluding hydrogens is 292 g/mol. The lowest BCUT2D eigenvalue weighted by Gasteiger charge is -2.27. The maximum atomic E-state index is 13.2. The van der Waals surface area contributed by atoms with Gasteiger partial charge in [0.1, 0.15) is 0 Å². The van der Waals surface area contributed by atoms with Gasteiger partial charge in [-0.3, -0.25) is 4.79 Å². The summed E-state index contributed by atoms with van der Waals surface area (Å²) in [6, 6.07) is 1.61. The fraction of sp³-hybridized carbons (Fsp3) is 0.562. The van der Waals surface area contributed by atoms with Crippen molar-refractivity contribution in [3.63, 3.8) is 0 Å². The molecule has 0 unspecified atom stereocenters. The summed E-state index contributed by atoms with van der Waals surface area (Å²) in [5.74, 6) is -3.70. The lowest BCUT2D eigenvalue weighted by atomic mass is 9.83. The summed E-state index contributed by atoms with van der Waals surface area (Å²) in [6.07, 6.45) is 5.29. The number of aliphatic hydroxyl groups is 1. The Balaban J connectivity index is 1.78. The normalized spacial score (nSPS) is 21.6. The van der Waals surface area contributed by atoms with Gasteiger partial charge in [0.15, 0.2) is 17.4 Å². The van der Waals surface area contributed by atoms with E-state index >= 15 is 0 Å². The number of hydrogen-bond donors (Lipinski definition) is 3. The second-order valence-electron chi connectivity index (χ2n) is 5.80. The van der Waals surface area contributed by atoms with Crippen LogP contribution in [0.4, 0.5) is 8.78 Å². The maximum Gasteiger partial charge on any atom is 0.251 e. The summed E-state index contributed by atoms with van der Waals surface area (Å²) in [5, 5.41) is 21.4. The van der Waals surface area contributed by atoms with Crippen molar-refractivity contribution in [2.75, 3.05) is 6.54 Å². The zero-order valence-electron chi connectivity index (χ0n) is 12.3. The second-order valence-corrected chi connectivity index (χ2v) is 5.80. The monoisotopic (exact) mass is 313 g/mol. The van der Waals surface area contributed by atoms with Crippen molar-refractivity contribution < 1.29 is 23.8 Å². The maximum absolute atomic E-state index is 13.2. The van der Waals surface area contributed by atoms with Crippen LogP contribution in [0.5, 0.6) is 5.75 Å². The van der Waals surface area contributed by atoms with Crippen LogP contribution in [0.2, 0.25) is 0 Å². The van der Waals surface area contributed by atoms with Gasteiger partial charge < -0.3 is 15.5 Å². The van der Waals surface area contributed by atoms with Gasteiger partial charge in [-0.1, -0.05) is 12.8 Å². The molecule has 0 spiro atoms. The van der Waals surface area contributed by atoms with E-state index in [1.165, 1.54) is 0 Å². The Morgan fingerprint density at radius 1 is 1.23 bits per heavy atom. The molecule has 22 heavy (non-hydrogen) atoms. The number of benzene rings is 1. The van der Waals surface area contributed by atoms with Crippen molar-refractivity contribution in [3.05, 3.63) is 29.3 Å². The average Bonchev–Trinajstić information content (AvgIpc) is 2.50. The van der Waals surface area contributed by atoms with Crippen LogP contribution in [0.3, 0.4) is 0 Å². The van der Waals surface area contributed by atoms with Gasteiger partial charge in [0, 0.05) is 12.1 Å². The molecule has 3 N–H and O–H groups in total. The molecule has 1 aromatic carbocycles. The van der Waals surface area contributed by atoms with E-state index in [0.717, 1.165) is 44.2 Å². The number of phenolic OH excluding ortho intramolecular Hbond substituents is 1. The number of nitrogens with one attached hydrogen (secondary N) is 1. The van der Waals surface area contributed by atoms with Gasteiger partial charge in [0.2, 0.25) is 0 Å². The van der Waals surface area contributed by atoms with Crippen LogP contribution in [-0.4, -0.2) is 28.8 Å². The number of carbonyl (C=O) groups is 1. The third-order valence-corrected chi connectivity index (χ3v) is 4.19. The summed E-state index contributed by atoms with van der Waals surface area (Å²) in [6.45, 7) is 0.381. The molecule has 4 nitrogen and oxygen atoms in total. The van der Waals surface area contributed by atoms with Gasteiger partial charge in [-0.2, -0.15) is 0 Å². The van der Waals surface area contributed by atoms with E-state index in [1.807, 2.05) is 0 Å². The van der Waals surface area contributed by atoms with E-state index in [0.29, 0.717) is 13.0 Å². The van der Waals surface area contributed by atoms with Crippen LogP contribution in [-0.2, 0) is 0 Å². The van der Waals surface area contributed by atoms with Crippen LogP contribution in [0.15, 0.2) is 12.1 Å². The van der Waals surface area contributed by atoms with Crippen LogP contribution >= 0.6 is 0 Å². The molecule has 0 heterocycles. The smallest absolute Gasteiger partial charge is 0.251 e. The Kier molecular flexibility index (Phi) is 5.71. The van der Waals surface area contributed by atoms with Crippen molar-refractivity contribution >= 4 is 5.91 Å². The number of aromatic hydroxyl groups is 1. The van der Waals surface area contributed by atoms with Gasteiger partial charge in [-0.05, 0) is 43.7 Å². The molecule has 0 aromatic heterocycles. The van der Waals surface area contributed by atoms with Gasteiger partial charge in [0.25, 0.3) is 5.91 Å². The fourth-order valence-electron chi connectivity index (χ4n) is 2.89. The van der Waals surface area contributed by atoms with Gasteiger partial charge in [-0.25, -0.2) is 8.78 Å². The van der Waals surface area contributed by atoms with Crippen LogP contribution in [0.25, 0.3) is 0 Å². The van der Waals surface area contributed by atoms with Gasteiger partial charge in [-0.15, -0.1) is 0 Å². The van der Waals surface area contributed by atoms with Crippen molar-refractivity contribution in [1.82, 2.24) is 5.32 Å². The molecule has 0 radical (unpaired) electrons. The van der Waals surface area contributed by atoms with E-state index in [2.05, 4.69) is 5.32 Å². The highest BCUT2D eigenvalue weighted by Crippen LogP contribution is 2.27. The minimum absolute atomic E-state index is 0.162. The molecule has 0 bridgehead atoms. The molecule has 2 atom stereocenters. The number of carbonyl (C=O) groups excluding carboxylic acids is 1. The molecule has 2 rings (SSSR count). The van der Waals surface area contributed by atoms with E-state index in [4.69, 9.17) is 5.11 Å². The minimum Gasteiger partial charge on any atom is -0.503 e. The SMILES string of the molecule is O=C(NCCC[C@H]1CCCC[C@H]1O)c1cc(F)c(O)c(F)c1. The van der Waals surface area contributed by atoms with Crippen molar-refractivity contribution in [3.8, 4) is 5.75 Å². The Bertz CT molecular complexity index is 513. The molecule has 0 aliphatic heterocycles. The van der Waals surface area contributed by atoms with Crippen molar-refractivity contribution in [2.45, 2.75) is 44.6 Å². The van der Waals surface area contributed by atoms with Gasteiger partial charge in [0.05, 0.1) is 6.10 Å². The highest BCUT2D eigenvalue weighted by molar-refractivity contribution is 5.94. The molecule has 1 aliphatic carbocycles. The highest BCUT2D eigenvalue weighted by atomic mass is 19.1. The fourth-order valence-corrected chi connectivity index (χ4v) is 2.89. The summed E-state index contributed by atoms with van der Waals surface area (Å²) >= 11 is 0. The Morgan fingerprint density at radius 2 is 1.86 bits per heavy atom. The zero-order valence-corrected chi connectivity index (χ0v) is 12.3. The Labute approximate surface area is 128 Å². The predicted octanol–water partition coefficient (Wildman–Crippen LogP) is 2.73. The average molecular weight is 313 g/mol. The number of phenols is 1. The van der Waals surface area contributed by atoms with Crippen LogP contribution in [0, 0.1) is 17.6 Å². The molecule has 1 amide bonds. The third kappa shape index (κ3) is 4.16. The third-order valence-electron chi connectivity index (χ3n) is 4.19. The molecule has 1 fully saturated rings. The molecular formula is C16H21F2NO3. The largest absolute Gasteiger partial charge is 0.503 e. The standard InChI is InChI=1S/C16H21F2NO3/c17-12-8-11(9-13(18)15(12)21)16(22)19-7-3-5-10-4-1-2-6-14(10)20/h8-10,14,20-21H,1-7H2,(H,19,22)/t10-,14-/m1/s1. The van der Waals surface area contributed by atoms with E-state index < -0.39 is 23.3 Å². The second kappa shape index (κ2) is 7.54. The zero-order chi connectivity index (χ0) is 16.1. The van der Waals surface area contributed by atoms with Gasteiger partial charge >= 0.3 is 0 Å². The predicted molar refractivity (Wildman–Crippen MR) is 77.6 cm³/mol. The number of amides is 1. The first-order valence-corrected chi connectivity index (χ1v) is 7.63. The highest BCUT2D eigenvalue weighted by Gasteiger charge is 2.22. The van der Waals surface area contributed by atoms with Crippen LogP contribution in [0.1, 0.15) is 48.9 Å². The lowest BCUT2D eigenvalue weighted by molar-refractivity contribution is 0.0641. The molecule has 1 aliphatic rings. The number of aliphatic hydroxyl groups excluding tert-OH is 1. The first-order valence-electron chi connectivity index (χ1n) is 7.63. The van der Waals surface area contributed by atoms with E-state index in [9.17, 15) is 18.7 Å². The first kappa shape index (κ1) is 16.7. The van der Waals surface area contributed by atoms with E-state index in [1.54, 1.807) is 0 Å². The molecule has 6 heteroatoms. The quantitative estimate of drug-likeness (QED) is 0.732. The number of rotatable bonds is 5. The first-order chi connectivity index (χ1) is 10.5. The Morgan fingerprint density at radius 3 is 2.50 bits per heavy atom. The summed E-state index contributed by atoms with van der Waals surface area (Å²) in [5.41, 5.74) is -0.162. The number of halogens is 2.